The van der Waals surface area contributed by atoms with Crippen molar-refractivity contribution in [3.8, 4) is 5.75 Å². The van der Waals surface area contributed by atoms with Gasteiger partial charge in [-0.2, -0.15) is 0 Å². The molecule has 3 aromatic carbocycles. The molecular weight excluding hydrogens is 459 g/mol. The van der Waals surface area contributed by atoms with Crippen LogP contribution in [-0.2, 0) is 4.74 Å². The molecular formula is C26H26Cl2N2O3. The molecule has 3 aromatic rings. The highest BCUT2D eigenvalue weighted by Crippen LogP contribution is 2.27. The Morgan fingerprint density at radius 3 is 2.27 bits per heavy atom. The van der Waals surface area contributed by atoms with Gasteiger partial charge in [0.15, 0.2) is 0 Å². The standard InChI is InChI=1S/C26H26Cl2N2O3/c1-32-22-10-8-21(9-11-22)30-15-13-29(14-16-30)18-25(19-5-3-2-4-6-19)33-26(31)23-12-7-20(27)17-24(23)28/h2-12,17,25H,13-16,18H2,1H3. The van der Waals surface area contributed by atoms with Gasteiger partial charge in [0.05, 0.1) is 17.7 Å². The van der Waals surface area contributed by atoms with E-state index >= 15 is 0 Å². The minimum Gasteiger partial charge on any atom is -0.497 e. The van der Waals surface area contributed by atoms with E-state index in [0.29, 0.717) is 17.1 Å². The summed E-state index contributed by atoms with van der Waals surface area (Å²) in [7, 11) is 1.67. The minimum absolute atomic E-state index is 0.285. The molecule has 0 saturated carbocycles. The highest BCUT2D eigenvalue weighted by atomic mass is 35.5. The molecule has 33 heavy (non-hydrogen) atoms. The summed E-state index contributed by atoms with van der Waals surface area (Å²) >= 11 is 12.2. The van der Waals surface area contributed by atoms with Crippen LogP contribution in [0.25, 0.3) is 0 Å². The third kappa shape index (κ3) is 5.99. The number of piperazine rings is 1. The molecule has 0 radical (unpaired) electrons. The van der Waals surface area contributed by atoms with Crippen LogP contribution in [0.1, 0.15) is 22.0 Å². The second-order valence-electron chi connectivity index (χ2n) is 7.91. The van der Waals surface area contributed by atoms with Gasteiger partial charge in [0.25, 0.3) is 0 Å². The number of rotatable bonds is 7. The summed E-state index contributed by atoms with van der Waals surface area (Å²) in [6.07, 6.45) is -0.405. The van der Waals surface area contributed by atoms with E-state index in [1.54, 1.807) is 25.3 Å². The van der Waals surface area contributed by atoms with E-state index in [2.05, 4.69) is 21.9 Å². The highest BCUT2D eigenvalue weighted by Gasteiger charge is 2.25. The smallest absolute Gasteiger partial charge is 0.340 e. The molecule has 0 spiro atoms. The van der Waals surface area contributed by atoms with E-state index in [-0.39, 0.29) is 5.02 Å². The first-order valence-electron chi connectivity index (χ1n) is 10.9. The third-order valence-electron chi connectivity index (χ3n) is 5.81. The van der Waals surface area contributed by atoms with Crippen molar-refractivity contribution in [1.29, 1.82) is 0 Å². The zero-order chi connectivity index (χ0) is 23.2. The number of anilines is 1. The SMILES string of the molecule is COc1ccc(N2CCN(CC(OC(=O)c3ccc(Cl)cc3Cl)c3ccccc3)CC2)cc1. The second-order valence-corrected chi connectivity index (χ2v) is 8.76. The normalized spacial score (nSPS) is 15.2. The Balaban J connectivity index is 1.42. The van der Waals surface area contributed by atoms with Crippen molar-refractivity contribution < 1.29 is 14.3 Å². The van der Waals surface area contributed by atoms with E-state index in [1.807, 2.05) is 42.5 Å². The summed E-state index contributed by atoms with van der Waals surface area (Å²) < 4.78 is 11.2. The average molecular weight is 485 g/mol. The Morgan fingerprint density at radius 1 is 0.939 bits per heavy atom. The first-order valence-corrected chi connectivity index (χ1v) is 11.6. The molecule has 5 nitrogen and oxygen atoms in total. The lowest BCUT2D eigenvalue weighted by Gasteiger charge is -2.37. The Hall–Kier alpha value is -2.73. The van der Waals surface area contributed by atoms with Crippen molar-refractivity contribution in [2.24, 2.45) is 0 Å². The van der Waals surface area contributed by atoms with E-state index in [9.17, 15) is 4.79 Å². The molecule has 1 saturated heterocycles. The molecule has 7 heteroatoms. The van der Waals surface area contributed by atoms with Crippen LogP contribution in [0.15, 0.2) is 72.8 Å². The molecule has 4 rings (SSSR count). The van der Waals surface area contributed by atoms with Crippen LogP contribution >= 0.6 is 23.2 Å². The van der Waals surface area contributed by atoms with E-state index in [0.717, 1.165) is 37.5 Å². The topological polar surface area (TPSA) is 42.0 Å². The van der Waals surface area contributed by atoms with Crippen molar-refractivity contribution in [2.75, 3.05) is 44.7 Å². The second kappa shape index (κ2) is 10.9. The Bertz CT molecular complexity index is 1070. The predicted octanol–water partition coefficient (Wildman–Crippen LogP) is 5.72. The molecule has 0 N–H and O–H groups in total. The Morgan fingerprint density at radius 2 is 1.64 bits per heavy atom. The van der Waals surface area contributed by atoms with Gasteiger partial charge in [0, 0.05) is 43.4 Å². The summed E-state index contributed by atoms with van der Waals surface area (Å²) in [5, 5.41) is 0.762. The van der Waals surface area contributed by atoms with Crippen LogP contribution in [-0.4, -0.2) is 50.7 Å². The van der Waals surface area contributed by atoms with E-state index in [4.69, 9.17) is 32.7 Å². The summed E-state index contributed by atoms with van der Waals surface area (Å²) in [5.41, 5.74) is 2.44. The number of nitrogens with zero attached hydrogens (tertiary/aromatic N) is 2. The van der Waals surface area contributed by atoms with Gasteiger partial charge in [0.1, 0.15) is 11.9 Å². The fourth-order valence-electron chi connectivity index (χ4n) is 3.94. The summed E-state index contributed by atoms with van der Waals surface area (Å²) in [6.45, 7) is 4.14. The van der Waals surface area contributed by atoms with E-state index < -0.39 is 12.1 Å². The molecule has 0 bridgehead atoms. The number of carbonyl (C=O) groups excluding carboxylic acids is 1. The van der Waals surface area contributed by atoms with Crippen molar-refractivity contribution in [3.63, 3.8) is 0 Å². The number of methoxy groups -OCH3 is 1. The molecule has 1 heterocycles. The molecule has 1 fully saturated rings. The minimum atomic E-state index is -0.456. The van der Waals surface area contributed by atoms with Gasteiger partial charge in [-0.25, -0.2) is 4.79 Å². The predicted molar refractivity (Wildman–Crippen MR) is 133 cm³/mol. The first-order chi connectivity index (χ1) is 16.0. The van der Waals surface area contributed by atoms with Crippen LogP contribution < -0.4 is 9.64 Å². The fourth-order valence-corrected chi connectivity index (χ4v) is 4.43. The number of ether oxygens (including phenoxy) is 2. The lowest BCUT2D eigenvalue weighted by Crippen LogP contribution is -2.47. The summed E-state index contributed by atoms with van der Waals surface area (Å²) in [4.78, 5) is 17.6. The van der Waals surface area contributed by atoms with Crippen molar-refractivity contribution in [3.05, 3.63) is 94.0 Å². The molecule has 1 unspecified atom stereocenters. The van der Waals surface area contributed by atoms with Gasteiger partial charge in [-0.1, -0.05) is 53.5 Å². The van der Waals surface area contributed by atoms with Crippen LogP contribution in [0.2, 0.25) is 10.0 Å². The highest BCUT2D eigenvalue weighted by molar-refractivity contribution is 6.36. The van der Waals surface area contributed by atoms with Crippen LogP contribution in [0.4, 0.5) is 5.69 Å². The zero-order valence-electron chi connectivity index (χ0n) is 18.4. The van der Waals surface area contributed by atoms with Gasteiger partial charge in [-0.05, 0) is 48.0 Å². The molecule has 0 aliphatic carbocycles. The number of hydrogen-bond acceptors (Lipinski definition) is 5. The van der Waals surface area contributed by atoms with Gasteiger partial charge < -0.3 is 14.4 Å². The van der Waals surface area contributed by atoms with Crippen molar-refractivity contribution in [2.45, 2.75) is 6.10 Å². The molecule has 0 aromatic heterocycles. The average Bonchev–Trinajstić information content (AvgIpc) is 2.84. The van der Waals surface area contributed by atoms with Gasteiger partial charge in [-0.3, -0.25) is 4.90 Å². The van der Waals surface area contributed by atoms with Crippen molar-refractivity contribution in [1.82, 2.24) is 4.90 Å². The summed E-state index contributed by atoms with van der Waals surface area (Å²) in [6, 6.07) is 22.7. The van der Waals surface area contributed by atoms with Gasteiger partial charge >= 0.3 is 5.97 Å². The van der Waals surface area contributed by atoms with Crippen LogP contribution in [0.3, 0.4) is 0 Å². The van der Waals surface area contributed by atoms with Gasteiger partial charge in [0.2, 0.25) is 0 Å². The third-order valence-corrected chi connectivity index (χ3v) is 6.35. The van der Waals surface area contributed by atoms with Crippen LogP contribution in [0.5, 0.6) is 5.75 Å². The van der Waals surface area contributed by atoms with Crippen LogP contribution in [0, 0.1) is 0 Å². The maximum atomic E-state index is 12.9. The number of benzene rings is 3. The lowest BCUT2D eigenvalue weighted by atomic mass is 10.1. The molecule has 0 amide bonds. The lowest BCUT2D eigenvalue weighted by molar-refractivity contribution is 0.0190. The maximum absolute atomic E-state index is 12.9. The molecule has 1 aliphatic rings. The molecule has 1 atom stereocenters. The monoisotopic (exact) mass is 484 g/mol. The van der Waals surface area contributed by atoms with Gasteiger partial charge in [-0.15, -0.1) is 0 Å². The number of halogens is 2. The zero-order valence-corrected chi connectivity index (χ0v) is 19.9. The molecule has 1 aliphatic heterocycles. The Labute approximate surface area is 204 Å². The number of hydrogen-bond donors (Lipinski definition) is 0. The number of esters is 1. The van der Waals surface area contributed by atoms with E-state index in [1.165, 1.54) is 5.69 Å². The largest absolute Gasteiger partial charge is 0.497 e. The van der Waals surface area contributed by atoms with Crippen molar-refractivity contribution >= 4 is 34.9 Å². The number of carbonyl (C=O) groups is 1. The fraction of sp³-hybridized carbons (Fsp3) is 0.269. The summed E-state index contributed by atoms with van der Waals surface area (Å²) in [5.74, 6) is 0.396. The Kier molecular flexibility index (Phi) is 7.76. The first kappa shape index (κ1) is 23.4. The maximum Gasteiger partial charge on any atom is 0.340 e. The molecule has 172 valence electrons. The quantitative estimate of drug-likeness (QED) is 0.401.